The number of nitrogens with zero attached hydrogens (tertiary/aromatic N) is 2. The first-order valence-electron chi connectivity index (χ1n) is 7.60. The minimum absolute atomic E-state index is 0.0324. The van der Waals surface area contributed by atoms with Crippen LogP contribution in [0.2, 0.25) is 0 Å². The van der Waals surface area contributed by atoms with Gasteiger partial charge in [0.2, 0.25) is 5.91 Å². The SMILES string of the molecule is Cc1nc2ccccc2n1CC(=O)NCCc1ccc(O)cc1. The zero-order chi connectivity index (χ0) is 16.2. The number of hydrogen-bond acceptors (Lipinski definition) is 3. The molecule has 3 rings (SSSR count). The van der Waals surface area contributed by atoms with Crippen LogP contribution in [0.3, 0.4) is 0 Å². The normalized spacial score (nSPS) is 10.8. The molecule has 2 aromatic carbocycles. The molecule has 2 N–H and O–H groups in total. The molecular weight excluding hydrogens is 290 g/mol. The summed E-state index contributed by atoms with van der Waals surface area (Å²) in [6, 6.07) is 14.8. The molecule has 118 valence electrons. The zero-order valence-electron chi connectivity index (χ0n) is 13.0. The van der Waals surface area contributed by atoms with Gasteiger partial charge in [-0.15, -0.1) is 0 Å². The fourth-order valence-corrected chi connectivity index (χ4v) is 2.60. The standard InChI is InChI=1S/C18H19N3O2/c1-13-20-16-4-2-3-5-17(16)21(13)12-18(23)19-11-10-14-6-8-15(22)9-7-14/h2-9,22H,10-12H2,1H3,(H,19,23). The number of carbonyl (C=O) groups is 1. The number of amides is 1. The summed E-state index contributed by atoms with van der Waals surface area (Å²) in [5, 5.41) is 12.2. The third-order valence-electron chi connectivity index (χ3n) is 3.82. The quantitative estimate of drug-likeness (QED) is 0.760. The van der Waals surface area contributed by atoms with E-state index in [0.717, 1.165) is 28.8 Å². The van der Waals surface area contributed by atoms with E-state index in [1.54, 1.807) is 12.1 Å². The van der Waals surface area contributed by atoms with Gasteiger partial charge < -0.3 is 15.0 Å². The third-order valence-corrected chi connectivity index (χ3v) is 3.82. The number of phenolic OH excluding ortho intramolecular Hbond substituents is 1. The first kappa shape index (κ1) is 15.1. The summed E-state index contributed by atoms with van der Waals surface area (Å²) in [5.74, 6) is 1.05. The number of imidazole rings is 1. The summed E-state index contributed by atoms with van der Waals surface area (Å²) in [7, 11) is 0. The second-order valence-electron chi connectivity index (χ2n) is 5.50. The highest BCUT2D eigenvalue weighted by molar-refractivity contribution is 5.81. The van der Waals surface area contributed by atoms with Crippen molar-refractivity contribution in [1.82, 2.24) is 14.9 Å². The van der Waals surface area contributed by atoms with E-state index >= 15 is 0 Å². The maximum Gasteiger partial charge on any atom is 0.240 e. The first-order chi connectivity index (χ1) is 11.1. The summed E-state index contributed by atoms with van der Waals surface area (Å²) < 4.78 is 1.92. The van der Waals surface area contributed by atoms with Crippen LogP contribution < -0.4 is 5.32 Å². The molecule has 0 spiro atoms. The number of phenols is 1. The van der Waals surface area contributed by atoms with Crippen molar-refractivity contribution in [1.29, 1.82) is 0 Å². The van der Waals surface area contributed by atoms with Gasteiger partial charge in [0.1, 0.15) is 18.1 Å². The van der Waals surface area contributed by atoms with Crippen molar-refractivity contribution in [2.75, 3.05) is 6.54 Å². The Morgan fingerprint density at radius 1 is 1.17 bits per heavy atom. The third kappa shape index (κ3) is 3.51. The summed E-state index contributed by atoms with van der Waals surface area (Å²) in [5.41, 5.74) is 2.95. The average molecular weight is 309 g/mol. The largest absolute Gasteiger partial charge is 0.508 e. The maximum absolute atomic E-state index is 12.2. The van der Waals surface area contributed by atoms with Crippen molar-refractivity contribution in [3.63, 3.8) is 0 Å². The van der Waals surface area contributed by atoms with Gasteiger partial charge >= 0.3 is 0 Å². The summed E-state index contributed by atoms with van der Waals surface area (Å²) in [6.45, 7) is 2.74. The number of fused-ring (bicyclic) bond motifs is 1. The lowest BCUT2D eigenvalue weighted by Crippen LogP contribution is -2.29. The van der Waals surface area contributed by atoms with Crippen LogP contribution in [0.5, 0.6) is 5.75 Å². The maximum atomic E-state index is 12.2. The molecular formula is C18H19N3O2. The topological polar surface area (TPSA) is 67.2 Å². The number of benzene rings is 2. The van der Waals surface area contributed by atoms with Crippen LogP contribution in [0.4, 0.5) is 0 Å². The van der Waals surface area contributed by atoms with E-state index in [2.05, 4.69) is 10.3 Å². The molecule has 0 radical (unpaired) electrons. The van der Waals surface area contributed by atoms with E-state index in [9.17, 15) is 9.90 Å². The van der Waals surface area contributed by atoms with E-state index in [-0.39, 0.29) is 18.2 Å². The van der Waals surface area contributed by atoms with E-state index in [1.807, 2.05) is 47.9 Å². The highest BCUT2D eigenvalue weighted by Gasteiger charge is 2.10. The van der Waals surface area contributed by atoms with Crippen molar-refractivity contribution in [3.8, 4) is 5.75 Å². The number of rotatable bonds is 5. The molecule has 5 nitrogen and oxygen atoms in total. The highest BCUT2D eigenvalue weighted by Crippen LogP contribution is 2.15. The lowest BCUT2D eigenvalue weighted by molar-refractivity contribution is -0.121. The molecule has 0 atom stereocenters. The molecule has 1 amide bonds. The van der Waals surface area contributed by atoms with Gasteiger partial charge in [-0.1, -0.05) is 24.3 Å². The Bertz CT molecular complexity index is 822. The monoisotopic (exact) mass is 309 g/mol. The second kappa shape index (κ2) is 6.52. The molecule has 0 aliphatic carbocycles. The Morgan fingerprint density at radius 2 is 1.91 bits per heavy atom. The molecule has 5 heteroatoms. The molecule has 0 fully saturated rings. The lowest BCUT2D eigenvalue weighted by atomic mass is 10.1. The Kier molecular flexibility index (Phi) is 4.28. The number of nitrogens with one attached hydrogen (secondary N) is 1. The van der Waals surface area contributed by atoms with Crippen molar-refractivity contribution in [2.24, 2.45) is 0 Å². The van der Waals surface area contributed by atoms with Gasteiger partial charge in [-0.3, -0.25) is 4.79 Å². The second-order valence-corrected chi connectivity index (χ2v) is 5.50. The van der Waals surface area contributed by atoms with E-state index in [1.165, 1.54) is 0 Å². The molecule has 0 aliphatic rings. The van der Waals surface area contributed by atoms with Gasteiger partial charge in [0.05, 0.1) is 11.0 Å². The minimum Gasteiger partial charge on any atom is -0.508 e. The predicted octanol–water partition coefficient (Wildman–Crippen LogP) is 2.41. The van der Waals surface area contributed by atoms with Crippen molar-refractivity contribution in [2.45, 2.75) is 19.9 Å². The van der Waals surface area contributed by atoms with E-state index < -0.39 is 0 Å². The fraction of sp³-hybridized carbons (Fsp3) is 0.222. The molecule has 0 unspecified atom stereocenters. The van der Waals surface area contributed by atoms with Crippen LogP contribution >= 0.6 is 0 Å². The predicted molar refractivity (Wildman–Crippen MR) is 89.3 cm³/mol. The summed E-state index contributed by atoms with van der Waals surface area (Å²) >= 11 is 0. The van der Waals surface area contributed by atoms with Gasteiger partial charge in [-0.05, 0) is 43.2 Å². The lowest BCUT2D eigenvalue weighted by Gasteiger charge is -2.08. The molecule has 0 bridgehead atoms. The van der Waals surface area contributed by atoms with Crippen molar-refractivity contribution in [3.05, 3.63) is 59.9 Å². The molecule has 0 aliphatic heterocycles. The Morgan fingerprint density at radius 3 is 2.70 bits per heavy atom. The summed E-state index contributed by atoms with van der Waals surface area (Å²) in [6.07, 6.45) is 0.732. The van der Waals surface area contributed by atoms with Gasteiger partial charge in [0.25, 0.3) is 0 Å². The molecule has 1 aromatic heterocycles. The Hall–Kier alpha value is -2.82. The van der Waals surface area contributed by atoms with Crippen molar-refractivity contribution < 1.29 is 9.90 Å². The van der Waals surface area contributed by atoms with Gasteiger partial charge in [0.15, 0.2) is 0 Å². The number of para-hydroxylation sites is 2. The first-order valence-corrected chi connectivity index (χ1v) is 7.60. The van der Waals surface area contributed by atoms with Crippen LogP contribution in [0.1, 0.15) is 11.4 Å². The van der Waals surface area contributed by atoms with Gasteiger partial charge in [-0.2, -0.15) is 0 Å². The van der Waals surface area contributed by atoms with Crippen molar-refractivity contribution >= 4 is 16.9 Å². The number of carbonyl (C=O) groups excluding carboxylic acids is 1. The highest BCUT2D eigenvalue weighted by atomic mass is 16.3. The number of hydrogen-bond donors (Lipinski definition) is 2. The fourth-order valence-electron chi connectivity index (χ4n) is 2.60. The smallest absolute Gasteiger partial charge is 0.240 e. The van der Waals surface area contributed by atoms with E-state index in [4.69, 9.17) is 0 Å². The Balaban J connectivity index is 1.58. The molecule has 1 heterocycles. The van der Waals surface area contributed by atoms with Crippen LogP contribution in [-0.4, -0.2) is 27.1 Å². The van der Waals surface area contributed by atoms with Crippen LogP contribution in [-0.2, 0) is 17.8 Å². The van der Waals surface area contributed by atoms with Crippen LogP contribution in [0.15, 0.2) is 48.5 Å². The molecule has 3 aromatic rings. The molecule has 23 heavy (non-hydrogen) atoms. The van der Waals surface area contributed by atoms with Gasteiger partial charge in [-0.25, -0.2) is 4.98 Å². The average Bonchev–Trinajstić information content (AvgIpc) is 2.85. The van der Waals surface area contributed by atoms with Crippen LogP contribution in [0, 0.1) is 6.92 Å². The minimum atomic E-state index is -0.0324. The Labute approximate surface area is 134 Å². The molecule has 0 saturated carbocycles. The number of aromatic hydroxyl groups is 1. The van der Waals surface area contributed by atoms with E-state index in [0.29, 0.717) is 6.54 Å². The number of aryl methyl sites for hydroxylation is 1. The number of aromatic nitrogens is 2. The van der Waals surface area contributed by atoms with Gasteiger partial charge in [0, 0.05) is 6.54 Å². The summed E-state index contributed by atoms with van der Waals surface area (Å²) in [4.78, 5) is 16.6. The molecule has 0 saturated heterocycles. The zero-order valence-corrected chi connectivity index (χ0v) is 13.0. The van der Waals surface area contributed by atoms with Crippen LogP contribution in [0.25, 0.3) is 11.0 Å².